The standard InChI is InChI=1S/C16H13FN2O2/c1-2-10-3-5-11(6-4-10)15-18-16(21-19-15)13-8-7-12(20)9-14(13)17/h3-9,20H,2H2,1H3. The lowest BCUT2D eigenvalue weighted by Gasteiger charge is -1.98. The number of rotatable bonds is 3. The maximum absolute atomic E-state index is 13.8. The van der Waals surface area contributed by atoms with Crippen molar-refractivity contribution in [3.63, 3.8) is 0 Å². The predicted octanol–water partition coefficient (Wildman–Crippen LogP) is 3.81. The minimum absolute atomic E-state index is 0.0852. The predicted molar refractivity (Wildman–Crippen MR) is 76.2 cm³/mol. The van der Waals surface area contributed by atoms with Crippen molar-refractivity contribution in [2.75, 3.05) is 0 Å². The highest BCUT2D eigenvalue weighted by molar-refractivity contribution is 5.61. The molecule has 0 aliphatic heterocycles. The van der Waals surface area contributed by atoms with Gasteiger partial charge in [0.2, 0.25) is 5.82 Å². The molecule has 1 N–H and O–H groups in total. The Bertz CT molecular complexity index is 766. The van der Waals surface area contributed by atoms with Gasteiger partial charge in [0, 0.05) is 11.6 Å². The van der Waals surface area contributed by atoms with Crippen LogP contribution in [0.3, 0.4) is 0 Å². The Kier molecular flexibility index (Phi) is 3.39. The van der Waals surface area contributed by atoms with E-state index in [9.17, 15) is 9.50 Å². The Balaban J connectivity index is 1.95. The van der Waals surface area contributed by atoms with E-state index in [1.54, 1.807) is 0 Å². The van der Waals surface area contributed by atoms with Gasteiger partial charge in [0.05, 0.1) is 5.56 Å². The van der Waals surface area contributed by atoms with Crippen LogP contribution in [0.5, 0.6) is 5.75 Å². The highest BCUT2D eigenvalue weighted by Gasteiger charge is 2.14. The smallest absolute Gasteiger partial charge is 0.261 e. The summed E-state index contributed by atoms with van der Waals surface area (Å²) in [5.74, 6) is -0.264. The fraction of sp³-hybridized carbons (Fsp3) is 0.125. The third-order valence-electron chi connectivity index (χ3n) is 3.23. The maximum Gasteiger partial charge on any atom is 0.261 e. The summed E-state index contributed by atoms with van der Waals surface area (Å²) in [4.78, 5) is 4.20. The van der Waals surface area contributed by atoms with E-state index in [0.717, 1.165) is 18.1 Å². The van der Waals surface area contributed by atoms with Crippen LogP contribution in [-0.4, -0.2) is 15.2 Å². The number of aromatic nitrogens is 2. The number of benzene rings is 2. The van der Waals surface area contributed by atoms with Crippen molar-refractivity contribution in [1.82, 2.24) is 10.1 Å². The largest absolute Gasteiger partial charge is 0.508 e. The van der Waals surface area contributed by atoms with E-state index >= 15 is 0 Å². The van der Waals surface area contributed by atoms with Crippen molar-refractivity contribution in [3.05, 3.63) is 53.8 Å². The first kappa shape index (κ1) is 13.3. The van der Waals surface area contributed by atoms with Gasteiger partial charge in [-0.05, 0) is 24.1 Å². The molecular formula is C16H13FN2O2. The lowest BCUT2D eigenvalue weighted by Crippen LogP contribution is -1.85. The van der Waals surface area contributed by atoms with Gasteiger partial charge < -0.3 is 9.63 Å². The number of hydrogen-bond acceptors (Lipinski definition) is 4. The van der Waals surface area contributed by atoms with Gasteiger partial charge in [0.15, 0.2) is 0 Å². The lowest BCUT2D eigenvalue weighted by atomic mass is 10.1. The molecule has 0 bridgehead atoms. The van der Waals surface area contributed by atoms with Crippen LogP contribution in [0, 0.1) is 5.82 Å². The van der Waals surface area contributed by atoms with Gasteiger partial charge in [-0.2, -0.15) is 4.98 Å². The summed E-state index contributed by atoms with van der Waals surface area (Å²) in [7, 11) is 0. The normalized spacial score (nSPS) is 10.8. The van der Waals surface area contributed by atoms with Gasteiger partial charge in [-0.25, -0.2) is 4.39 Å². The number of nitrogens with zero attached hydrogens (tertiary/aromatic N) is 2. The highest BCUT2D eigenvalue weighted by Crippen LogP contribution is 2.26. The fourth-order valence-corrected chi connectivity index (χ4v) is 2.02. The Morgan fingerprint density at radius 1 is 1.14 bits per heavy atom. The van der Waals surface area contributed by atoms with Crippen LogP contribution in [-0.2, 0) is 6.42 Å². The molecule has 0 aliphatic carbocycles. The van der Waals surface area contributed by atoms with E-state index < -0.39 is 5.82 Å². The quantitative estimate of drug-likeness (QED) is 0.794. The zero-order valence-electron chi connectivity index (χ0n) is 11.4. The van der Waals surface area contributed by atoms with Crippen LogP contribution in [0.2, 0.25) is 0 Å². The molecular weight excluding hydrogens is 271 g/mol. The minimum Gasteiger partial charge on any atom is -0.508 e. The van der Waals surface area contributed by atoms with Crippen LogP contribution in [0.15, 0.2) is 47.0 Å². The van der Waals surface area contributed by atoms with Gasteiger partial charge in [-0.1, -0.05) is 36.3 Å². The number of aromatic hydroxyl groups is 1. The van der Waals surface area contributed by atoms with E-state index in [2.05, 4.69) is 17.1 Å². The maximum atomic E-state index is 13.8. The minimum atomic E-state index is -0.605. The molecule has 0 aliphatic rings. The molecule has 0 unspecified atom stereocenters. The number of aryl methyl sites for hydroxylation is 1. The first-order chi connectivity index (χ1) is 10.2. The molecule has 3 rings (SSSR count). The molecule has 1 heterocycles. The molecule has 0 amide bonds. The number of phenols is 1. The van der Waals surface area contributed by atoms with Crippen LogP contribution < -0.4 is 0 Å². The van der Waals surface area contributed by atoms with Crippen molar-refractivity contribution >= 4 is 0 Å². The van der Waals surface area contributed by atoms with Gasteiger partial charge in [0.25, 0.3) is 5.89 Å². The number of phenolic OH excluding ortho intramolecular Hbond substituents is 1. The van der Waals surface area contributed by atoms with Crippen LogP contribution >= 0.6 is 0 Å². The Hall–Kier alpha value is -2.69. The zero-order chi connectivity index (χ0) is 14.8. The molecule has 1 aromatic heterocycles. The Morgan fingerprint density at radius 2 is 1.90 bits per heavy atom. The van der Waals surface area contributed by atoms with E-state index in [4.69, 9.17) is 4.52 Å². The second-order valence-electron chi connectivity index (χ2n) is 4.64. The van der Waals surface area contributed by atoms with Crippen molar-refractivity contribution < 1.29 is 14.0 Å². The molecule has 0 fully saturated rings. The third-order valence-corrected chi connectivity index (χ3v) is 3.23. The fourth-order valence-electron chi connectivity index (χ4n) is 2.02. The second kappa shape index (κ2) is 5.36. The molecule has 0 spiro atoms. The molecule has 21 heavy (non-hydrogen) atoms. The van der Waals surface area contributed by atoms with Crippen LogP contribution in [0.4, 0.5) is 4.39 Å². The molecule has 2 aromatic carbocycles. The summed E-state index contributed by atoms with van der Waals surface area (Å²) in [6.07, 6.45) is 0.955. The van der Waals surface area contributed by atoms with E-state index in [0.29, 0.717) is 5.82 Å². The van der Waals surface area contributed by atoms with Gasteiger partial charge in [-0.3, -0.25) is 0 Å². The van der Waals surface area contributed by atoms with E-state index in [-0.39, 0.29) is 17.2 Å². The summed E-state index contributed by atoms with van der Waals surface area (Å²) in [5.41, 5.74) is 2.19. The van der Waals surface area contributed by atoms with Gasteiger partial charge >= 0.3 is 0 Å². The molecule has 0 saturated heterocycles. The van der Waals surface area contributed by atoms with Gasteiger partial charge in [0.1, 0.15) is 11.6 Å². The Morgan fingerprint density at radius 3 is 2.57 bits per heavy atom. The van der Waals surface area contributed by atoms with Crippen LogP contribution in [0.25, 0.3) is 22.8 Å². The highest BCUT2D eigenvalue weighted by atomic mass is 19.1. The molecule has 4 nitrogen and oxygen atoms in total. The number of hydrogen-bond donors (Lipinski definition) is 1. The monoisotopic (exact) mass is 284 g/mol. The lowest BCUT2D eigenvalue weighted by molar-refractivity contribution is 0.428. The van der Waals surface area contributed by atoms with Gasteiger partial charge in [-0.15, -0.1) is 0 Å². The third kappa shape index (κ3) is 2.63. The first-order valence-corrected chi connectivity index (χ1v) is 6.59. The van der Waals surface area contributed by atoms with Crippen molar-refractivity contribution in [2.24, 2.45) is 0 Å². The molecule has 0 atom stereocenters. The second-order valence-corrected chi connectivity index (χ2v) is 4.64. The summed E-state index contributed by atoms with van der Waals surface area (Å²) < 4.78 is 18.9. The SMILES string of the molecule is CCc1ccc(-c2noc(-c3ccc(O)cc3F)n2)cc1. The van der Waals surface area contributed by atoms with E-state index in [1.807, 2.05) is 24.3 Å². The average molecular weight is 284 g/mol. The topological polar surface area (TPSA) is 59.2 Å². The summed E-state index contributed by atoms with van der Waals surface area (Å²) in [5, 5.41) is 13.1. The van der Waals surface area contributed by atoms with Crippen molar-refractivity contribution in [2.45, 2.75) is 13.3 Å². The van der Waals surface area contributed by atoms with Crippen LogP contribution in [0.1, 0.15) is 12.5 Å². The summed E-state index contributed by atoms with van der Waals surface area (Å²) >= 11 is 0. The first-order valence-electron chi connectivity index (χ1n) is 6.59. The average Bonchev–Trinajstić information content (AvgIpc) is 2.97. The summed E-state index contributed by atoms with van der Waals surface area (Å²) in [6.45, 7) is 2.08. The zero-order valence-corrected chi connectivity index (χ0v) is 11.4. The molecule has 0 radical (unpaired) electrons. The Labute approximate surface area is 120 Å². The molecule has 106 valence electrons. The summed E-state index contributed by atoms with van der Waals surface area (Å²) in [6, 6.07) is 11.6. The molecule has 3 aromatic rings. The van der Waals surface area contributed by atoms with Crippen molar-refractivity contribution in [1.29, 1.82) is 0 Å². The van der Waals surface area contributed by atoms with Crippen molar-refractivity contribution in [3.8, 4) is 28.6 Å². The number of halogens is 1. The molecule has 0 saturated carbocycles. The molecule has 5 heteroatoms. The van der Waals surface area contributed by atoms with E-state index in [1.165, 1.54) is 17.7 Å².